The summed E-state index contributed by atoms with van der Waals surface area (Å²) in [6.07, 6.45) is 7.59. The van der Waals surface area contributed by atoms with Gasteiger partial charge < -0.3 is 10.6 Å². The quantitative estimate of drug-likeness (QED) is 0.596. The van der Waals surface area contributed by atoms with Crippen molar-refractivity contribution in [1.29, 1.82) is 0 Å². The third kappa shape index (κ3) is 3.88. The van der Waals surface area contributed by atoms with E-state index in [-0.39, 0.29) is 11.9 Å². The molecule has 31 heavy (non-hydrogen) atoms. The molecule has 1 aliphatic heterocycles. The highest BCUT2D eigenvalue weighted by molar-refractivity contribution is 6.30. The highest BCUT2D eigenvalue weighted by atomic mass is 35.5. The lowest BCUT2D eigenvalue weighted by Crippen LogP contribution is -2.50. The van der Waals surface area contributed by atoms with Gasteiger partial charge in [0, 0.05) is 42.3 Å². The van der Waals surface area contributed by atoms with E-state index in [1.807, 2.05) is 39.9 Å². The Hall–Kier alpha value is -2.97. The molecule has 1 saturated heterocycles. The lowest BCUT2D eigenvalue weighted by atomic mass is 10.1. The van der Waals surface area contributed by atoms with Gasteiger partial charge in [-0.2, -0.15) is 5.10 Å². The molecule has 160 valence electrons. The van der Waals surface area contributed by atoms with Crippen molar-refractivity contribution in [3.63, 3.8) is 0 Å². The molecular weight excluding hydrogens is 414 g/mol. The summed E-state index contributed by atoms with van der Waals surface area (Å²) in [6.45, 7) is 1.98. The second-order valence-electron chi connectivity index (χ2n) is 8.23. The van der Waals surface area contributed by atoms with Crippen LogP contribution in [-0.2, 0) is 4.79 Å². The first kappa shape index (κ1) is 20.0. The number of hydrogen-bond acceptors (Lipinski definition) is 6. The van der Waals surface area contributed by atoms with Crippen LogP contribution < -0.4 is 5.73 Å². The average Bonchev–Trinajstić information content (AvgIpc) is 3.50. The number of halogens is 1. The number of nitrogen functional groups attached to an aromatic ring is 1. The number of rotatable bonds is 6. The van der Waals surface area contributed by atoms with Crippen LogP contribution in [0.4, 0.5) is 5.82 Å². The van der Waals surface area contributed by atoms with Crippen LogP contribution in [0.2, 0.25) is 5.02 Å². The predicted molar refractivity (Wildman–Crippen MR) is 121 cm³/mol. The molecule has 8 nitrogen and oxygen atoms in total. The van der Waals surface area contributed by atoms with Gasteiger partial charge in [-0.05, 0) is 32.0 Å². The molecule has 3 heterocycles. The van der Waals surface area contributed by atoms with Crippen LogP contribution in [0.15, 0.2) is 42.7 Å². The van der Waals surface area contributed by atoms with E-state index in [0.717, 1.165) is 23.2 Å². The summed E-state index contributed by atoms with van der Waals surface area (Å²) in [4.78, 5) is 25.2. The number of amides is 1. The Morgan fingerprint density at radius 1 is 1.26 bits per heavy atom. The Balaban J connectivity index is 1.33. The average molecular weight is 438 g/mol. The van der Waals surface area contributed by atoms with Gasteiger partial charge in [-0.25, -0.2) is 14.6 Å². The number of fused-ring (bicyclic) bond motifs is 1. The topological polar surface area (TPSA) is 93.2 Å². The van der Waals surface area contributed by atoms with Crippen LogP contribution in [0.5, 0.6) is 0 Å². The fourth-order valence-electron chi connectivity index (χ4n) is 3.94. The third-order valence-corrected chi connectivity index (χ3v) is 6.23. The maximum absolute atomic E-state index is 12.5. The number of carbonyl (C=O) groups excluding carboxylic acids is 1. The zero-order valence-electron chi connectivity index (χ0n) is 17.3. The second kappa shape index (κ2) is 7.94. The maximum Gasteiger partial charge on any atom is 0.246 e. The summed E-state index contributed by atoms with van der Waals surface area (Å²) in [5.74, 6) is 0.417. The molecule has 1 amide bonds. The Labute approximate surface area is 185 Å². The Morgan fingerprint density at radius 3 is 2.71 bits per heavy atom. The number of benzene rings is 1. The number of nitrogens with zero attached hydrogens (tertiary/aromatic N) is 6. The largest absolute Gasteiger partial charge is 0.383 e. The third-order valence-electron chi connectivity index (χ3n) is 5.98. The SMILES string of the molecule is CN(C/C=C/C(=O)N1CC(n2nc(-c3ccc(Cl)cc3)c3c(N)ncnc32)C1)C1CC1. The van der Waals surface area contributed by atoms with Crippen LogP contribution >= 0.6 is 11.6 Å². The first-order chi connectivity index (χ1) is 15.0. The van der Waals surface area contributed by atoms with E-state index in [2.05, 4.69) is 21.9 Å². The van der Waals surface area contributed by atoms with Gasteiger partial charge in [-0.1, -0.05) is 29.8 Å². The van der Waals surface area contributed by atoms with Gasteiger partial charge in [0.1, 0.15) is 17.8 Å². The fourth-order valence-corrected chi connectivity index (χ4v) is 4.07. The van der Waals surface area contributed by atoms with Gasteiger partial charge in [0.25, 0.3) is 0 Å². The van der Waals surface area contributed by atoms with Crippen LogP contribution in [0.3, 0.4) is 0 Å². The lowest BCUT2D eigenvalue weighted by molar-refractivity contribution is -0.131. The van der Waals surface area contributed by atoms with Crippen molar-refractivity contribution in [2.75, 3.05) is 32.4 Å². The Bertz CT molecular complexity index is 1150. The number of nitrogens with two attached hydrogens (primary N) is 1. The summed E-state index contributed by atoms with van der Waals surface area (Å²) in [7, 11) is 2.10. The van der Waals surface area contributed by atoms with Gasteiger partial charge in [0.05, 0.1) is 11.4 Å². The van der Waals surface area contributed by atoms with E-state index in [0.29, 0.717) is 35.6 Å². The predicted octanol–water partition coefficient (Wildman–Crippen LogP) is 2.76. The van der Waals surface area contributed by atoms with E-state index in [1.54, 1.807) is 6.08 Å². The van der Waals surface area contributed by atoms with Crippen LogP contribution in [0.25, 0.3) is 22.3 Å². The summed E-state index contributed by atoms with van der Waals surface area (Å²) in [5.41, 5.74) is 8.46. The van der Waals surface area contributed by atoms with E-state index >= 15 is 0 Å². The summed E-state index contributed by atoms with van der Waals surface area (Å²) < 4.78 is 1.87. The molecule has 2 N–H and O–H groups in total. The minimum Gasteiger partial charge on any atom is -0.383 e. The fraction of sp³-hybridized carbons (Fsp3) is 0.364. The zero-order chi connectivity index (χ0) is 21.5. The maximum atomic E-state index is 12.5. The van der Waals surface area contributed by atoms with Crippen molar-refractivity contribution < 1.29 is 4.79 Å². The van der Waals surface area contributed by atoms with Crippen molar-refractivity contribution >= 4 is 34.4 Å². The van der Waals surface area contributed by atoms with Crippen molar-refractivity contribution in [3.05, 3.63) is 47.8 Å². The van der Waals surface area contributed by atoms with E-state index in [4.69, 9.17) is 22.4 Å². The molecule has 2 aromatic heterocycles. The standard InChI is InChI=1S/C22H24ClN7O/c1-28(16-8-9-16)10-2-3-18(31)29-11-17(12-29)30-22-19(21(24)25-13-26-22)20(27-30)14-4-6-15(23)7-5-14/h2-7,13,16-17H,8-12H2,1H3,(H2,24,25,26)/b3-2+. The molecule has 0 atom stereocenters. The number of aromatic nitrogens is 4. The molecule has 9 heteroatoms. The molecule has 0 spiro atoms. The molecule has 1 aliphatic carbocycles. The summed E-state index contributed by atoms with van der Waals surface area (Å²) in [5, 5.41) is 6.18. The zero-order valence-corrected chi connectivity index (χ0v) is 18.0. The number of anilines is 1. The normalized spacial score (nSPS) is 17.1. The van der Waals surface area contributed by atoms with Crippen molar-refractivity contribution in [3.8, 4) is 11.3 Å². The highest BCUT2D eigenvalue weighted by Gasteiger charge is 2.34. The monoisotopic (exact) mass is 437 g/mol. The molecule has 5 rings (SSSR count). The molecular formula is C22H24ClN7O. The Kier molecular flexibility index (Phi) is 5.11. The van der Waals surface area contributed by atoms with Crippen LogP contribution in [0, 0.1) is 0 Å². The van der Waals surface area contributed by atoms with Crippen LogP contribution in [0.1, 0.15) is 18.9 Å². The molecule has 0 unspecified atom stereocenters. The van der Waals surface area contributed by atoms with E-state index in [1.165, 1.54) is 19.2 Å². The van der Waals surface area contributed by atoms with Crippen molar-refractivity contribution in [2.24, 2.45) is 0 Å². The second-order valence-corrected chi connectivity index (χ2v) is 8.66. The molecule has 0 radical (unpaired) electrons. The molecule has 1 saturated carbocycles. The number of hydrogen-bond donors (Lipinski definition) is 1. The van der Waals surface area contributed by atoms with Crippen molar-refractivity contribution in [1.82, 2.24) is 29.5 Å². The molecule has 2 fully saturated rings. The lowest BCUT2D eigenvalue weighted by Gasteiger charge is -2.38. The highest BCUT2D eigenvalue weighted by Crippen LogP contribution is 2.34. The van der Waals surface area contributed by atoms with Gasteiger partial charge >= 0.3 is 0 Å². The van der Waals surface area contributed by atoms with Gasteiger partial charge in [0.15, 0.2) is 5.65 Å². The van der Waals surface area contributed by atoms with Crippen molar-refractivity contribution in [2.45, 2.75) is 24.9 Å². The Morgan fingerprint density at radius 2 is 2.00 bits per heavy atom. The minimum absolute atomic E-state index is 0.0315. The van der Waals surface area contributed by atoms with Crippen LogP contribution in [-0.4, -0.2) is 68.2 Å². The summed E-state index contributed by atoms with van der Waals surface area (Å²) in [6, 6.07) is 8.17. The van der Waals surface area contributed by atoms with Gasteiger partial charge in [-0.15, -0.1) is 0 Å². The smallest absolute Gasteiger partial charge is 0.246 e. The van der Waals surface area contributed by atoms with Gasteiger partial charge in [0.2, 0.25) is 5.91 Å². The van der Waals surface area contributed by atoms with Gasteiger partial charge in [-0.3, -0.25) is 9.69 Å². The first-order valence-electron chi connectivity index (χ1n) is 10.4. The molecule has 3 aromatic rings. The number of likely N-dealkylation sites (tertiary alicyclic amines) is 1. The molecule has 1 aromatic carbocycles. The number of carbonyl (C=O) groups is 1. The molecule has 0 bridgehead atoms. The van der Waals surface area contributed by atoms with E-state index < -0.39 is 0 Å². The molecule has 2 aliphatic rings. The van der Waals surface area contributed by atoms with E-state index in [9.17, 15) is 4.79 Å². The first-order valence-corrected chi connectivity index (χ1v) is 10.8. The number of likely N-dealkylation sites (N-methyl/N-ethyl adjacent to an activating group) is 1. The minimum atomic E-state index is 0.0315. The summed E-state index contributed by atoms with van der Waals surface area (Å²) >= 11 is 6.03.